The van der Waals surface area contributed by atoms with Gasteiger partial charge in [0, 0.05) is 23.8 Å². The predicted molar refractivity (Wildman–Crippen MR) is 118 cm³/mol. The predicted octanol–water partition coefficient (Wildman–Crippen LogP) is 5.42. The summed E-state index contributed by atoms with van der Waals surface area (Å²) in [7, 11) is 0. The molecule has 0 unspecified atom stereocenters. The van der Waals surface area contributed by atoms with Gasteiger partial charge in [-0.25, -0.2) is 4.79 Å². The first-order valence-electron chi connectivity index (χ1n) is 9.70. The Labute approximate surface area is 176 Å². The standard InChI is InChI=1S/C23H19N3O3S/c1-3-26-22(17-10-11-28-14(17)2)24-25-23(26)30-13-16-12-20(27)29-19-9-8-15-6-4-5-7-18(15)21(16)19/h4-12H,3,13H2,1-2H3. The van der Waals surface area contributed by atoms with E-state index in [9.17, 15) is 4.79 Å². The van der Waals surface area contributed by atoms with Crippen molar-refractivity contribution < 1.29 is 8.83 Å². The fourth-order valence-corrected chi connectivity index (χ4v) is 4.76. The summed E-state index contributed by atoms with van der Waals surface area (Å²) in [4.78, 5) is 12.2. The summed E-state index contributed by atoms with van der Waals surface area (Å²) in [5.74, 6) is 2.18. The van der Waals surface area contributed by atoms with Gasteiger partial charge < -0.3 is 13.4 Å². The molecule has 2 aromatic carbocycles. The third-order valence-electron chi connectivity index (χ3n) is 5.20. The number of hydrogen-bond acceptors (Lipinski definition) is 6. The van der Waals surface area contributed by atoms with Crippen molar-refractivity contribution >= 4 is 33.5 Å². The van der Waals surface area contributed by atoms with E-state index in [0.717, 1.165) is 50.6 Å². The van der Waals surface area contributed by atoms with Crippen LogP contribution >= 0.6 is 11.8 Å². The minimum absolute atomic E-state index is 0.347. The summed E-state index contributed by atoms with van der Waals surface area (Å²) >= 11 is 1.56. The molecule has 6 nitrogen and oxygen atoms in total. The second-order valence-corrected chi connectivity index (χ2v) is 7.92. The SMILES string of the molecule is CCn1c(SCc2cc(=O)oc3ccc4ccccc4c23)nnc1-c1ccoc1C. The van der Waals surface area contributed by atoms with Gasteiger partial charge in [0.05, 0.1) is 11.8 Å². The first-order valence-corrected chi connectivity index (χ1v) is 10.7. The van der Waals surface area contributed by atoms with Crippen molar-refractivity contribution in [1.29, 1.82) is 0 Å². The molecule has 5 aromatic rings. The van der Waals surface area contributed by atoms with E-state index in [1.54, 1.807) is 24.1 Å². The highest BCUT2D eigenvalue weighted by Crippen LogP contribution is 2.32. The van der Waals surface area contributed by atoms with Crippen LogP contribution in [0.3, 0.4) is 0 Å². The van der Waals surface area contributed by atoms with Crippen LogP contribution in [0.15, 0.2) is 73.6 Å². The number of aryl methyl sites for hydroxylation is 1. The number of fused-ring (bicyclic) bond motifs is 3. The molecule has 0 saturated carbocycles. The Morgan fingerprint density at radius 2 is 1.97 bits per heavy atom. The number of thioether (sulfide) groups is 1. The number of furan rings is 1. The van der Waals surface area contributed by atoms with Gasteiger partial charge in [0.15, 0.2) is 11.0 Å². The molecule has 0 saturated heterocycles. The average Bonchev–Trinajstić information content (AvgIpc) is 3.36. The third-order valence-corrected chi connectivity index (χ3v) is 6.22. The Hall–Kier alpha value is -3.32. The van der Waals surface area contributed by atoms with Crippen molar-refractivity contribution in [3.8, 4) is 11.4 Å². The summed E-state index contributed by atoms with van der Waals surface area (Å²) in [6, 6.07) is 15.4. The lowest BCUT2D eigenvalue weighted by Gasteiger charge is -2.09. The molecule has 0 amide bonds. The molecule has 0 radical (unpaired) electrons. The minimum Gasteiger partial charge on any atom is -0.469 e. The normalized spacial score (nSPS) is 11.5. The maximum Gasteiger partial charge on any atom is 0.336 e. The van der Waals surface area contributed by atoms with Crippen molar-refractivity contribution in [3.63, 3.8) is 0 Å². The van der Waals surface area contributed by atoms with Crippen molar-refractivity contribution in [3.05, 3.63) is 76.5 Å². The van der Waals surface area contributed by atoms with Gasteiger partial charge in [0.1, 0.15) is 11.3 Å². The Morgan fingerprint density at radius 1 is 1.10 bits per heavy atom. The van der Waals surface area contributed by atoms with Crippen LogP contribution in [0.25, 0.3) is 33.1 Å². The monoisotopic (exact) mass is 417 g/mol. The molecule has 0 N–H and O–H groups in total. The molecule has 0 atom stereocenters. The second kappa shape index (κ2) is 7.50. The summed E-state index contributed by atoms with van der Waals surface area (Å²) in [5, 5.41) is 12.7. The molecule has 0 aliphatic rings. The van der Waals surface area contributed by atoms with Crippen molar-refractivity contribution in [2.45, 2.75) is 31.3 Å². The number of nitrogens with zero attached hydrogens (tertiary/aromatic N) is 3. The van der Waals surface area contributed by atoms with Crippen molar-refractivity contribution in [2.24, 2.45) is 0 Å². The topological polar surface area (TPSA) is 74.1 Å². The van der Waals surface area contributed by atoms with Gasteiger partial charge in [0.2, 0.25) is 0 Å². The van der Waals surface area contributed by atoms with E-state index in [1.807, 2.05) is 37.3 Å². The Balaban J connectivity index is 1.56. The van der Waals surface area contributed by atoms with Gasteiger partial charge in [-0.15, -0.1) is 10.2 Å². The van der Waals surface area contributed by atoms with E-state index >= 15 is 0 Å². The third kappa shape index (κ3) is 3.11. The molecular weight excluding hydrogens is 398 g/mol. The number of hydrogen-bond donors (Lipinski definition) is 0. The second-order valence-electron chi connectivity index (χ2n) is 6.98. The Kier molecular flexibility index (Phi) is 4.67. The highest BCUT2D eigenvalue weighted by molar-refractivity contribution is 7.98. The molecular formula is C23H19N3O3S. The summed E-state index contributed by atoms with van der Waals surface area (Å²) in [6.07, 6.45) is 1.66. The number of rotatable bonds is 5. The van der Waals surface area contributed by atoms with Crippen molar-refractivity contribution in [1.82, 2.24) is 14.8 Å². The lowest BCUT2D eigenvalue weighted by Crippen LogP contribution is -2.02. The maximum absolute atomic E-state index is 12.2. The summed E-state index contributed by atoms with van der Waals surface area (Å²) in [5.41, 5.74) is 2.12. The van der Waals surface area contributed by atoms with Crippen LogP contribution in [0, 0.1) is 6.92 Å². The van der Waals surface area contributed by atoms with Crippen LogP contribution in [0.5, 0.6) is 0 Å². The van der Waals surface area contributed by atoms with Crippen LogP contribution in [-0.4, -0.2) is 14.8 Å². The van der Waals surface area contributed by atoms with E-state index in [4.69, 9.17) is 8.83 Å². The summed E-state index contributed by atoms with van der Waals surface area (Å²) in [6.45, 7) is 4.71. The zero-order valence-corrected chi connectivity index (χ0v) is 17.4. The maximum atomic E-state index is 12.2. The quantitative estimate of drug-likeness (QED) is 0.216. The first-order chi connectivity index (χ1) is 14.7. The molecule has 5 rings (SSSR count). The fourth-order valence-electron chi connectivity index (χ4n) is 3.77. The molecule has 150 valence electrons. The van der Waals surface area contributed by atoms with Gasteiger partial charge in [-0.1, -0.05) is 42.1 Å². The first kappa shape index (κ1) is 18.7. The fraction of sp³-hybridized carbons (Fsp3) is 0.174. The van der Waals surface area contributed by atoms with Crippen LogP contribution in [0.4, 0.5) is 0 Å². The van der Waals surface area contributed by atoms with Gasteiger partial charge in [-0.05, 0) is 42.3 Å². The van der Waals surface area contributed by atoms with Crippen LogP contribution in [-0.2, 0) is 12.3 Å². The zero-order chi connectivity index (χ0) is 20.7. The van der Waals surface area contributed by atoms with E-state index < -0.39 is 0 Å². The average molecular weight is 417 g/mol. The number of benzene rings is 2. The largest absolute Gasteiger partial charge is 0.469 e. The van der Waals surface area contributed by atoms with Gasteiger partial charge >= 0.3 is 5.63 Å². The van der Waals surface area contributed by atoms with E-state index in [2.05, 4.69) is 33.8 Å². The van der Waals surface area contributed by atoms with E-state index in [-0.39, 0.29) is 5.63 Å². The van der Waals surface area contributed by atoms with Crippen LogP contribution < -0.4 is 5.63 Å². The summed E-state index contributed by atoms with van der Waals surface area (Å²) < 4.78 is 13.0. The highest BCUT2D eigenvalue weighted by atomic mass is 32.2. The molecule has 0 spiro atoms. The molecule has 0 aliphatic carbocycles. The van der Waals surface area contributed by atoms with E-state index in [1.165, 1.54) is 0 Å². The molecule has 0 fully saturated rings. The smallest absolute Gasteiger partial charge is 0.336 e. The Morgan fingerprint density at radius 3 is 2.77 bits per heavy atom. The lowest BCUT2D eigenvalue weighted by atomic mass is 10.0. The van der Waals surface area contributed by atoms with Gasteiger partial charge in [-0.3, -0.25) is 0 Å². The number of aromatic nitrogens is 3. The molecule has 0 bridgehead atoms. The molecule has 0 aliphatic heterocycles. The zero-order valence-electron chi connectivity index (χ0n) is 16.6. The lowest BCUT2D eigenvalue weighted by molar-refractivity contribution is 0.534. The Bertz CT molecular complexity index is 1430. The van der Waals surface area contributed by atoms with Crippen LogP contribution in [0.2, 0.25) is 0 Å². The molecule has 3 aromatic heterocycles. The van der Waals surface area contributed by atoms with Crippen LogP contribution in [0.1, 0.15) is 18.2 Å². The molecule has 7 heteroatoms. The van der Waals surface area contributed by atoms with Crippen molar-refractivity contribution in [2.75, 3.05) is 0 Å². The van der Waals surface area contributed by atoms with Gasteiger partial charge in [0.25, 0.3) is 0 Å². The van der Waals surface area contributed by atoms with E-state index in [0.29, 0.717) is 11.3 Å². The molecule has 3 heterocycles. The molecule has 30 heavy (non-hydrogen) atoms. The highest BCUT2D eigenvalue weighted by Gasteiger charge is 2.17. The minimum atomic E-state index is -0.347. The van der Waals surface area contributed by atoms with Gasteiger partial charge in [-0.2, -0.15) is 0 Å².